The van der Waals surface area contributed by atoms with Crippen LogP contribution in [-0.2, 0) is 9.59 Å². The molecule has 0 rings (SSSR count). The van der Waals surface area contributed by atoms with Gasteiger partial charge in [-0.2, -0.15) is 0 Å². The summed E-state index contributed by atoms with van der Waals surface area (Å²) in [5.41, 5.74) is 8.00. The fourth-order valence-electron chi connectivity index (χ4n) is 0.837. The van der Waals surface area contributed by atoms with E-state index in [1.807, 2.05) is 6.92 Å². The molecule has 0 heterocycles. The molecule has 0 fully saturated rings. The molecular weight excluding hydrogens is 198 g/mol. The van der Waals surface area contributed by atoms with Crippen molar-refractivity contribution in [2.45, 2.75) is 13.3 Å². The molecule has 84 valence electrons. The van der Waals surface area contributed by atoms with E-state index in [2.05, 4.69) is 15.3 Å². The summed E-state index contributed by atoms with van der Waals surface area (Å²) in [5, 5.41) is 5.76. The molecule has 0 aliphatic carbocycles. The zero-order valence-corrected chi connectivity index (χ0v) is 8.93. The summed E-state index contributed by atoms with van der Waals surface area (Å²) in [4.78, 5) is 26.1. The molecule has 2 amide bonds. The van der Waals surface area contributed by atoms with Gasteiger partial charge in [-0.3, -0.25) is 9.59 Å². The Hall–Kier alpha value is -1.75. The number of rotatable bonds is 6. The highest BCUT2D eigenvalue weighted by atomic mass is 16.2. The van der Waals surface area contributed by atoms with Crippen LogP contribution in [0.2, 0.25) is 0 Å². The van der Waals surface area contributed by atoms with E-state index in [0.717, 1.165) is 6.42 Å². The molecule has 0 atom stereocenters. The average Bonchev–Trinajstić information content (AvgIpc) is 2.22. The van der Waals surface area contributed by atoms with Gasteiger partial charge in [-0.05, 0) is 12.0 Å². The fourth-order valence-corrected chi connectivity index (χ4v) is 0.837. The van der Waals surface area contributed by atoms with E-state index in [0.29, 0.717) is 6.54 Å². The number of azide groups is 1. The van der Waals surface area contributed by atoms with Gasteiger partial charge in [0.1, 0.15) is 6.54 Å². The van der Waals surface area contributed by atoms with Crippen LogP contribution in [0.15, 0.2) is 5.11 Å². The Morgan fingerprint density at radius 2 is 2.20 bits per heavy atom. The Labute approximate surface area is 88.1 Å². The van der Waals surface area contributed by atoms with Crippen LogP contribution < -0.4 is 5.32 Å². The zero-order valence-electron chi connectivity index (χ0n) is 8.93. The lowest BCUT2D eigenvalue weighted by Crippen LogP contribution is -2.39. The van der Waals surface area contributed by atoms with Crippen LogP contribution in [-0.4, -0.2) is 43.4 Å². The molecule has 0 radical (unpaired) electrons. The molecule has 0 aromatic carbocycles. The minimum absolute atomic E-state index is 0.0141. The topological polar surface area (TPSA) is 98.2 Å². The van der Waals surface area contributed by atoms with Crippen LogP contribution >= 0.6 is 0 Å². The first-order valence-corrected chi connectivity index (χ1v) is 4.63. The van der Waals surface area contributed by atoms with Gasteiger partial charge >= 0.3 is 0 Å². The zero-order chi connectivity index (χ0) is 11.7. The summed E-state index contributed by atoms with van der Waals surface area (Å²) in [7, 11) is 1.49. The van der Waals surface area contributed by atoms with Crippen LogP contribution in [0.4, 0.5) is 0 Å². The van der Waals surface area contributed by atoms with Crippen molar-refractivity contribution < 1.29 is 9.59 Å². The first-order valence-electron chi connectivity index (χ1n) is 4.63. The van der Waals surface area contributed by atoms with E-state index in [4.69, 9.17) is 5.53 Å². The maximum Gasteiger partial charge on any atom is 0.239 e. The average molecular weight is 213 g/mol. The van der Waals surface area contributed by atoms with Gasteiger partial charge in [-0.25, -0.2) is 0 Å². The maximum atomic E-state index is 11.2. The van der Waals surface area contributed by atoms with E-state index in [1.165, 1.54) is 11.9 Å². The minimum atomic E-state index is -0.376. The van der Waals surface area contributed by atoms with Gasteiger partial charge in [0.2, 0.25) is 11.8 Å². The van der Waals surface area contributed by atoms with E-state index in [-0.39, 0.29) is 24.9 Å². The molecule has 0 aromatic rings. The molecule has 0 saturated heterocycles. The molecule has 0 aliphatic heterocycles. The van der Waals surface area contributed by atoms with Crippen LogP contribution in [0.25, 0.3) is 10.4 Å². The second-order valence-electron chi connectivity index (χ2n) is 2.99. The summed E-state index contributed by atoms with van der Waals surface area (Å²) in [6.45, 7) is 2.27. The minimum Gasteiger partial charge on any atom is -0.355 e. The molecule has 7 nitrogen and oxygen atoms in total. The smallest absolute Gasteiger partial charge is 0.239 e. The molecule has 0 unspecified atom stereocenters. The Kier molecular flexibility index (Phi) is 6.74. The van der Waals surface area contributed by atoms with Crippen LogP contribution in [0.1, 0.15) is 13.3 Å². The highest BCUT2D eigenvalue weighted by molar-refractivity contribution is 5.85. The van der Waals surface area contributed by atoms with E-state index >= 15 is 0 Å². The van der Waals surface area contributed by atoms with Crippen molar-refractivity contribution in [1.29, 1.82) is 0 Å². The Balaban J connectivity index is 3.90. The highest BCUT2D eigenvalue weighted by Gasteiger charge is 2.10. The van der Waals surface area contributed by atoms with Gasteiger partial charge in [0, 0.05) is 18.5 Å². The Bertz CT molecular complexity index is 272. The predicted molar refractivity (Wildman–Crippen MR) is 55.0 cm³/mol. The van der Waals surface area contributed by atoms with Crippen molar-refractivity contribution in [3.05, 3.63) is 10.4 Å². The van der Waals surface area contributed by atoms with Gasteiger partial charge in [0.25, 0.3) is 0 Å². The Morgan fingerprint density at radius 1 is 1.53 bits per heavy atom. The molecule has 0 saturated carbocycles. The van der Waals surface area contributed by atoms with Crippen molar-refractivity contribution in [1.82, 2.24) is 10.2 Å². The van der Waals surface area contributed by atoms with E-state index in [1.54, 1.807) is 0 Å². The third-order valence-corrected chi connectivity index (χ3v) is 1.65. The lowest BCUT2D eigenvalue weighted by atomic mass is 10.4. The normalized spacial score (nSPS) is 8.93. The van der Waals surface area contributed by atoms with Gasteiger partial charge < -0.3 is 10.2 Å². The summed E-state index contributed by atoms with van der Waals surface area (Å²) in [6.07, 6.45) is 0.849. The maximum absolute atomic E-state index is 11.2. The summed E-state index contributed by atoms with van der Waals surface area (Å²) in [6, 6.07) is 0. The molecule has 0 bridgehead atoms. The largest absolute Gasteiger partial charge is 0.355 e. The Morgan fingerprint density at radius 3 is 2.73 bits per heavy atom. The van der Waals surface area contributed by atoms with Gasteiger partial charge in [0.05, 0.1) is 6.54 Å². The second-order valence-corrected chi connectivity index (χ2v) is 2.99. The number of likely N-dealkylation sites (N-methyl/N-ethyl adjacent to an activating group) is 1. The SMILES string of the molecule is CCCNC(=O)CN(C)C(=O)CN=[N+]=[N-]. The monoisotopic (exact) mass is 213 g/mol. The third kappa shape index (κ3) is 6.34. The standard InChI is InChI=1S/C8H15N5O2/c1-3-4-10-7(14)6-13(2)8(15)5-11-12-9/h3-6H2,1-2H3,(H,10,14). The van der Waals surface area contributed by atoms with Crippen molar-refractivity contribution >= 4 is 11.8 Å². The molecular formula is C8H15N5O2. The fraction of sp³-hybridized carbons (Fsp3) is 0.750. The lowest BCUT2D eigenvalue weighted by Gasteiger charge is -2.15. The van der Waals surface area contributed by atoms with Gasteiger partial charge in [-0.1, -0.05) is 12.0 Å². The van der Waals surface area contributed by atoms with Crippen LogP contribution in [0.5, 0.6) is 0 Å². The number of nitrogens with one attached hydrogen (secondary N) is 1. The predicted octanol–water partition coefficient (Wildman–Crippen LogP) is 0.281. The second kappa shape index (κ2) is 7.64. The molecule has 15 heavy (non-hydrogen) atoms. The number of carbonyl (C=O) groups excluding carboxylic acids is 2. The molecule has 0 aromatic heterocycles. The van der Waals surface area contributed by atoms with Crippen LogP contribution in [0, 0.1) is 0 Å². The van der Waals surface area contributed by atoms with Crippen LogP contribution in [0.3, 0.4) is 0 Å². The van der Waals surface area contributed by atoms with Gasteiger partial charge in [0.15, 0.2) is 0 Å². The first kappa shape index (κ1) is 13.2. The summed E-state index contributed by atoms with van der Waals surface area (Å²) < 4.78 is 0. The molecule has 7 heteroatoms. The number of nitrogens with zero attached hydrogens (tertiary/aromatic N) is 4. The number of carbonyl (C=O) groups is 2. The summed E-state index contributed by atoms with van der Waals surface area (Å²) >= 11 is 0. The lowest BCUT2D eigenvalue weighted by molar-refractivity contribution is -0.133. The van der Waals surface area contributed by atoms with E-state index in [9.17, 15) is 9.59 Å². The molecule has 0 spiro atoms. The van der Waals surface area contributed by atoms with Crippen molar-refractivity contribution in [2.75, 3.05) is 26.7 Å². The molecule has 0 aliphatic rings. The first-order chi connectivity index (χ1) is 7.11. The number of hydrogen-bond donors (Lipinski definition) is 1. The number of hydrogen-bond acceptors (Lipinski definition) is 3. The third-order valence-electron chi connectivity index (χ3n) is 1.65. The van der Waals surface area contributed by atoms with Gasteiger partial charge in [-0.15, -0.1) is 0 Å². The van der Waals surface area contributed by atoms with Crippen molar-refractivity contribution in [2.24, 2.45) is 5.11 Å². The van der Waals surface area contributed by atoms with Crippen molar-refractivity contribution in [3.8, 4) is 0 Å². The highest BCUT2D eigenvalue weighted by Crippen LogP contribution is 1.86. The van der Waals surface area contributed by atoms with E-state index < -0.39 is 0 Å². The molecule has 1 N–H and O–H groups in total. The summed E-state index contributed by atoms with van der Waals surface area (Å²) in [5.74, 6) is -0.590. The number of amides is 2. The van der Waals surface area contributed by atoms with Crippen molar-refractivity contribution in [3.63, 3.8) is 0 Å². The quantitative estimate of drug-likeness (QED) is 0.389.